The predicted octanol–water partition coefficient (Wildman–Crippen LogP) is 1.66. The highest BCUT2D eigenvalue weighted by molar-refractivity contribution is 5.92. The molecule has 0 spiro atoms. The van der Waals surface area contributed by atoms with Crippen molar-refractivity contribution in [3.63, 3.8) is 0 Å². The van der Waals surface area contributed by atoms with Crippen LogP contribution in [0, 0.1) is 11.3 Å². The molecule has 0 aliphatic rings. The lowest BCUT2D eigenvalue weighted by molar-refractivity contribution is -0.142. The van der Waals surface area contributed by atoms with Crippen LogP contribution in [-0.2, 0) is 19.1 Å². The summed E-state index contributed by atoms with van der Waals surface area (Å²) in [7, 11) is 4.80. The van der Waals surface area contributed by atoms with Gasteiger partial charge in [-0.25, -0.2) is 4.79 Å². The van der Waals surface area contributed by atoms with Crippen molar-refractivity contribution in [3.8, 4) is 0 Å². The smallest absolute Gasteiger partial charge is 0.331 e. The maximum absolute atomic E-state index is 13.4. The number of amides is 2. The van der Waals surface area contributed by atoms with E-state index in [4.69, 9.17) is 4.74 Å². The van der Waals surface area contributed by atoms with Crippen LogP contribution >= 0.6 is 0 Å². The van der Waals surface area contributed by atoms with Crippen LogP contribution < -0.4 is 10.6 Å². The third-order valence-corrected chi connectivity index (χ3v) is 5.11. The number of methoxy groups -OCH3 is 1. The average Bonchev–Trinajstić information content (AvgIpc) is 2.61. The van der Waals surface area contributed by atoms with E-state index in [9.17, 15) is 19.5 Å². The average molecular weight is 414 g/mol. The van der Waals surface area contributed by atoms with Gasteiger partial charge in [-0.2, -0.15) is 0 Å². The van der Waals surface area contributed by atoms with Crippen molar-refractivity contribution in [1.82, 2.24) is 15.5 Å². The molecule has 8 nitrogen and oxygen atoms in total. The fourth-order valence-electron chi connectivity index (χ4n) is 2.91. The molecule has 0 bridgehead atoms. The molecule has 0 aromatic rings. The predicted molar refractivity (Wildman–Crippen MR) is 114 cm³/mol. The van der Waals surface area contributed by atoms with Gasteiger partial charge in [0.2, 0.25) is 11.8 Å². The van der Waals surface area contributed by atoms with Crippen LogP contribution in [0.15, 0.2) is 11.6 Å². The van der Waals surface area contributed by atoms with Crippen LogP contribution in [0.2, 0.25) is 0 Å². The normalized spacial score (nSPS) is 16.7. The molecule has 0 aliphatic carbocycles. The van der Waals surface area contributed by atoms with Crippen LogP contribution in [0.4, 0.5) is 0 Å². The molecule has 0 aliphatic heterocycles. The van der Waals surface area contributed by atoms with Gasteiger partial charge in [-0.1, -0.05) is 40.7 Å². The van der Waals surface area contributed by atoms with Gasteiger partial charge >= 0.3 is 5.97 Å². The summed E-state index contributed by atoms with van der Waals surface area (Å²) in [5.41, 5.74) is -1.38. The minimum absolute atomic E-state index is 0.00867. The number of rotatable bonds is 10. The van der Waals surface area contributed by atoms with Gasteiger partial charge in [-0.3, -0.25) is 9.59 Å². The number of carboxylic acid groups (broad SMARTS) is 1. The van der Waals surface area contributed by atoms with Crippen LogP contribution in [-0.4, -0.2) is 73.2 Å². The third kappa shape index (κ3) is 7.44. The second-order valence-corrected chi connectivity index (χ2v) is 9.13. The lowest BCUT2D eigenvalue weighted by Gasteiger charge is -2.39. The number of ether oxygens (including phenoxy) is 1. The SMILES string of the molecule is CNC(C)(COC)C(=O)N[C@H](C(=O)N(C)[C@H](C=C(C)C(=O)O)C(C)C)C(C)(C)C. The number of carbonyl (C=O) groups excluding carboxylic acids is 2. The van der Waals surface area contributed by atoms with Gasteiger partial charge in [0.25, 0.3) is 0 Å². The number of hydrogen-bond acceptors (Lipinski definition) is 5. The Kier molecular flexibility index (Phi) is 10.0. The van der Waals surface area contributed by atoms with Crippen molar-refractivity contribution < 1.29 is 24.2 Å². The van der Waals surface area contributed by atoms with Gasteiger partial charge in [0.1, 0.15) is 11.6 Å². The highest BCUT2D eigenvalue weighted by Gasteiger charge is 2.41. The van der Waals surface area contributed by atoms with Crippen molar-refractivity contribution in [3.05, 3.63) is 11.6 Å². The maximum Gasteiger partial charge on any atom is 0.331 e. The zero-order chi connectivity index (χ0) is 23.2. The lowest BCUT2D eigenvalue weighted by atomic mass is 9.84. The zero-order valence-electron chi connectivity index (χ0n) is 19.5. The molecule has 168 valence electrons. The molecular formula is C21H39N3O5. The van der Waals surface area contributed by atoms with E-state index in [-0.39, 0.29) is 29.9 Å². The molecular weight excluding hydrogens is 374 g/mol. The number of nitrogens with one attached hydrogen (secondary N) is 2. The van der Waals surface area contributed by atoms with Gasteiger partial charge in [-0.05, 0) is 32.2 Å². The Labute approximate surface area is 175 Å². The molecule has 0 heterocycles. The highest BCUT2D eigenvalue weighted by atomic mass is 16.5. The van der Waals surface area contributed by atoms with E-state index >= 15 is 0 Å². The molecule has 0 fully saturated rings. The first-order chi connectivity index (χ1) is 13.1. The Morgan fingerprint density at radius 2 is 1.69 bits per heavy atom. The fourth-order valence-corrected chi connectivity index (χ4v) is 2.91. The Morgan fingerprint density at radius 3 is 2.03 bits per heavy atom. The van der Waals surface area contributed by atoms with Crippen molar-refractivity contribution >= 4 is 17.8 Å². The molecule has 0 saturated carbocycles. The monoisotopic (exact) mass is 413 g/mol. The first-order valence-corrected chi connectivity index (χ1v) is 9.79. The van der Waals surface area contributed by atoms with Crippen LogP contribution in [0.1, 0.15) is 48.5 Å². The number of likely N-dealkylation sites (N-methyl/N-ethyl adjacent to an activating group) is 2. The summed E-state index contributed by atoms with van der Waals surface area (Å²) in [6.45, 7) is 12.8. The molecule has 29 heavy (non-hydrogen) atoms. The number of carbonyl (C=O) groups is 3. The van der Waals surface area contributed by atoms with Crippen LogP contribution in [0.25, 0.3) is 0 Å². The van der Waals surface area contributed by atoms with Crippen molar-refractivity contribution in [2.75, 3.05) is 27.8 Å². The van der Waals surface area contributed by atoms with E-state index in [1.165, 1.54) is 18.9 Å². The van der Waals surface area contributed by atoms with E-state index < -0.39 is 29.0 Å². The summed E-state index contributed by atoms with van der Waals surface area (Å²) in [6, 6.07) is -1.22. The van der Waals surface area contributed by atoms with Crippen molar-refractivity contribution in [2.24, 2.45) is 11.3 Å². The molecule has 0 aromatic heterocycles. The zero-order valence-corrected chi connectivity index (χ0v) is 19.5. The largest absolute Gasteiger partial charge is 0.478 e. The summed E-state index contributed by atoms with van der Waals surface area (Å²) >= 11 is 0. The highest BCUT2D eigenvalue weighted by Crippen LogP contribution is 2.24. The molecule has 2 amide bonds. The Bertz CT molecular complexity index is 624. The van der Waals surface area contributed by atoms with E-state index in [0.29, 0.717) is 0 Å². The van der Waals surface area contributed by atoms with E-state index in [1.807, 2.05) is 34.6 Å². The third-order valence-electron chi connectivity index (χ3n) is 5.11. The molecule has 0 radical (unpaired) electrons. The van der Waals surface area contributed by atoms with Gasteiger partial charge < -0.3 is 25.4 Å². The maximum atomic E-state index is 13.4. The minimum Gasteiger partial charge on any atom is -0.478 e. The molecule has 1 unspecified atom stereocenters. The van der Waals surface area contributed by atoms with Gasteiger partial charge in [-0.15, -0.1) is 0 Å². The number of nitrogens with zero attached hydrogens (tertiary/aromatic N) is 1. The topological polar surface area (TPSA) is 108 Å². The number of hydrogen-bond donors (Lipinski definition) is 3. The Balaban J connectivity index is 5.89. The first-order valence-electron chi connectivity index (χ1n) is 9.79. The minimum atomic E-state index is -1.03. The van der Waals surface area contributed by atoms with E-state index in [1.54, 1.807) is 27.1 Å². The molecule has 0 saturated heterocycles. The number of aliphatic carboxylic acids is 1. The van der Waals surface area contributed by atoms with Gasteiger partial charge in [0.15, 0.2) is 0 Å². The quantitative estimate of drug-likeness (QED) is 0.470. The Morgan fingerprint density at radius 1 is 1.17 bits per heavy atom. The van der Waals surface area contributed by atoms with E-state index in [0.717, 1.165) is 0 Å². The summed E-state index contributed by atoms with van der Waals surface area (Å²) in [6.07, 6.45) is 1.58. The molecule has 8 heteroatoms. The first kappa shape index (κ1) is 27.1. The standard InChI is InChI=1S/C21H39N3O5/c1-13(2)15(11-14(3)18(26)27)24(9)17(25)16(20(4,5)6)23-19(28)21(7,22-8)12-29-10/h11,13,15-16,22H,12H2,1-10H3,(H,23,28)(H,26,27)/t15-,16-,21?/m1/s1. The molecule has 0 rings (SSSR count). The summed E-state index contributed by atoms with van der Waals surface area (Å²) in [4.78, 5) is 39.1. The lowest BCUT2D eigenvalue weighted by Crippen LogP contribution is -2.63. The van der Waals surface area contributed by atoms with Crippen LogP contribution in [0.3, 0.4) is 0 Å². The number of carboxylic acids is 1. The summed E-state index contributed by atoms with van der Waals surface area (Å²) in [5.74, 6) is -1.66. The second kappa shape index (κ2) is 10.7. The van der Waals surface area contributed by atoms with Gasteiger partial charge in [0.05, 0.1) is 12.6 Å². The van der Waals surface area contributed by atoms with Gasteiger partial charge in [0, 0.05) is 19.7 Å². The van der Waals surface area contributed by atoms with Crippen molar-refractivity contribution in [2.45, 2.75) is 66.1 Å². The summed E-state index contributed by atoms with van der Waals surface area (Å²) < 4.78 is 5.15. The second-order valence-electron chi connectivity index (χ2n) is 9.13. The molecule has 0 aromatic carbocycles. The van der Waals surface area contributed by atoms with Crippen molar-refractivity contribution in [1.29, 1.82) is 0 Å². The summed E-state index contributed by atoms with van der Waals surface area (Å²) in [5, 5.41) is 15.0. The van der Waals surface area contributed by atoms with E-state index in [2.05, 4.69) is 10.6 Å². The molecule has 3 N–H and O–H groups in total. The fraction of sp³-hybridized carbons (Fsp3) is 0.762. The Hall–Kier alpha value is -1.93. The molecule has 3 atom stereocenters. The van der Waals surface area contributed by atoms with Crippen LogP contribution in [0.5, 0.6) is 0 Å².